The summed E-state index contributed by atoms with van der Waals surface area (Å²) in [6.45, 7) is 4.03. The van der Waals surface area contributed by atoms with Crippen molar-refractivity contribution in [2.75, 3.05) is 24.6 Å². The molecular formula is C13H15N5O. The third kappa shape index (κ3) is 2.68. The van der Waals surface area contributed by atoms with Gasteiger partial charge in [-0.1, -0.05) is 0 Å². The third-order valence-corrected chi connectivity index (χ3v) is 3.03. The molecule has 98 valence electrons. The molecule has 19 heavy (non-hydrogen) atoms. The van der Waals surface area contributed by atoms with E-state index in [-0.39, 0.29) is 6.10 Å². The normalized spacial score (nSPS) is 19.4. The molecule has 2 aromatic heterocycles. The van der Waals surface area contributed by atoms with Crippen molar-refractivity contribution in [1.29, 1.82) is 0 Å². The number of hydrogen-bond donors (Lipinski definition) is 0. The topological polar surface area (TPSA) is 64.0 Å². The number of ether oxygens (including phenoxy) is 1. The average molecular weight is 257 g/mol. The first-order chi connectivity index (χ1) is 9.33. The van der Waals surface area contributed by atoms with Crippen LogP contribution in [0.1, 0.15) is 17.6 Å². The Morgan fingerprint density at radius 2 is 2.05 bits per heavy atom. The van der Waals surface area contributed by atoms with Gasteiger partial charge in [-0.05, 0) is 19.1 Å². The van der Waals surface area contributed by atoms with E-state index in [1.165, 1.54) is 0 Å². The van der Waals surface area contributed by atoms with Gasteiger partial charge in [0.15, 0.2) is 0 Å². The highest BCUT2D eigenvalue weighted by atomic mass is 16.5. The molecule has 0 bridgehead atoms. The molecule has 6 heteroatoms. The smallest absolute Gasteiger partial charge is 0.225 e. The van der Waals surface area contributed by atoms with Gasteiger partial charge in [0, 0.05) is 25.1 Å². The fraction of sp³-hybridized carbons (Fsp3) is 0.385. The maximum atomic E-state index is 5.78. The van der Waals surface area contributed by atoms with E-state index in [2.05, 4.69) is 24.8 Å². The molecule has 6 nitrogen and oxygen atoms in total. The lowest BCUT2D eigenvalue weighted by atomic mass is 10.2. The van der Waals surface area contributed by atoms with E-state index in [1.54, 1.807) is 18.6 Å². The van der Waals surface area contributed by atoms with Crippen LogP contribution in [0.25, 0.3) is 0 Å². The van der Waals surface area contributed by atoms with Crippen LogP contribution in [0.2, 0.25) is 0 Å². The van der Waals surface area contributed by atoms with Crippen molar-refractivity contribution >= 4 is 5.95 Å². The molecule has 1 aliphatic rings. The molecule has 0 spiro atoms. The molecule has 0 aliphatic carbocycles. The van der Waals surface area contributed by atoms with Crippen LogP contribution in [-0.4, -0.2) is 39.6 Å². The molecule has 1 saturated heterocycles. The quantitative estimate of drug-likeness (QED) is 0.804. The Morgan fingerprint density at radius 1 is 1.21 bits per heavy atom. The zero-order chi connectivity index (χ0) is 13.1. The molecule has 1 atom stereocenters. The van der Waals surface area contributed by atoms with Crippen molar-refractivity contribution in [2.24, 2.45) is 0 Å². The summed E-state index contributed by atoms with van der Waals surface area (Å²) in [6, 6.07) is 3.71. The first kappa shape index (κ1) is 12.0. The molecule has 0 radical (unpaired) electrons. The van der Waals surface area contributed by atoms with Gasteiger partial charge in [0.2, 0.25) is 5.95 Å². The fourth-order valence-electron chi connectivity index (χ4n) is 2.12. The van der Waals surface area contributed by atoms with Crippen molar-refractivity contribution in [3.63, 3.8) is 0 Å². The molecule has 2 aromatic rings. The van der Waals surface area contributed by atoms with Gasteiger partial charge in [-0.15, -0.1) is 0 Å². The minimum atomic E-state index is -0.0562. The molecule has 1 unspecified atom stereocenters. The van der Waals surface area contributed by atoms with Gasteiger partial charge in [0.25, 0.3) is 0 Å². The van der Waals surface area contributed by atoms with Gasteiger partial charge in [0.05, 0.1) is 18.8 Å². The predicted octanol–water partition coefficient (Wildman–Crippen LogP) is 1.15. The summed E-state index contributed by atoms with van der Waals surface area (Å²) in [5.74, 6) is 1.50. The van der Waals surface area contributed by atoms with Gasteiger partial charge in [-0.25, -0.2) is 19.9 Å². The average Bonchev–Trinajstić information content (AvgIpc) is 2.48. The lowest BCUT2D eigenvalue weighted by Crippen LogP contribution is -2.39. The van der Waals surface area contributed by atoms with Crippen LogP contribution in [0.5, 0.6) is 0 Å². The van der Waals surface area contributed by atoms with Gasteiger partial charge in [-0.3, -0.25) is 0 Å². The van der Waals surface area contributed by atoms with Crippen molar-refractivity contribution in [1.82, 2.24) is 19.9 Å². The van der Waals surface area contributed by atoms with Gasteiger partial charge in [-0.2, -0.15) is 0 Å². The number of rotatable bonds is 2. The number of morpholine rings is 1. The first-order valence-corrected chi connectivity index (χ1v) is 6.26. The van der Waals surface area contributed by atoms with Gasteiger partial charge < -0.3 is 9.64 Å². The highest BCUT2D eigenvalue weighted by molar-refractivity contribution is 5.30. The van der Waals surface area contributed by atoms with E-state index < -0.39 is 0 Å². The summed E-state index contributed by atoms with van der Waals surface area (Å²) < 4.78 is 5.78. The minimum absolute atomic E-state index is 0.0562. The second kappa shape index (κ2) is 5.27. The Balaban J connectivity index is 1.78. The van der Waals surface area contributed by atoms with Gasteiger partial charge in [0.1, 0.15) is 11.9 Å². The van der Waals surface area contributed by atoms with Crippen molar-refractivity contribution < 1.29 is 4.74 Å². The number of aryl methyl sites for hydroxylation is 1. The molecule has 1 fully saturated rings. The van der Waals surface area contributed by atoms with Crippen LogP contribution in [0.15, 0.2) is 30.7 Å². The largest absolute Gasteiger partial charge is 0.368 e. The molecule has 0 amide bonds. The summed E-state index contributed by atoms with van der Waals surface area (Å²) in [7, 11) is 0. The van der Waals surface area contributed by atoms with Crippen LogP contribution in [0, 0.1) is 6.92 Å². The number of nitrogens with zero attached hydrogens (tertiary/aromatic N) is 5. The van der Waals surface area contributed by atoms with E-state index >= 15 is 0 Å². The van der Waals surface area contributed by atoms with Crippen LogP contribution in [0.3, 0.4) is 0 Å². The zero-order valence-corrected chi connectivity index (χ0v) is 10.7. The maximum Gasteiger partial charge on any atom is 0.225 e. The van der Waals surface area contributed by atoms with E-state index in [1.807, 2.05) is 19.1 Å². The third-order valence-electron chi connectivity index (χ3n) is 3.03. The summed E-state index contributed by atoms with van der Waals surface area (Å²) in [5, 5.41) is 0. The lowest BCUT2D eigenvalue weighted by molar-refractivity contribution is 0.0363. The van der Waals surface area contributed by atoms with Crippen LogP contribution in [0.4, 0.5) is 5.95 Å². The first-order valence-electron chi connectivity index (χ1n) is 6.26. The van der Waals surface area contributed by atoms with E-state index in [4.69, 9.17) is 4.74 Å². The van der Waals surface area contributed by atoms with Crippen molar-refractivity contribution in [3.05, 3.63) is 42.2 Å². The number of hydrogen-bond acceptors (Lipinski definition) is 6. The highest BCUT2D eigenvalue weighted by Crippen LogP contribution is 2.22. The van der Waals surface area contributed by atoms with Gasteiger partial charge >= 0.3 is 0 Å². The van der Waals surface area contributed by atoms with Crippen molar-refractivity contribution in [3.8, 4) is 0 Å². The monoisotopic (exact) mass is 257 g/mol. The Kier molecular flexibility index (Phi) is 3.33. The SMILES string of the molecule is Cc1nccc(C2CN(c3ncccn3)CCO2)n1. The summed E-state index contributed by atoms with van der Waals surface area (Å²) >= 11 is 0. The molecule has 3 rings (SSSR count). The zero-order valence-electron chi connectivity index (χ0n) is 10.7. The molecular weight excluding hydrogens is 242 g/mol. The Hall–Kier alpha value is -2.08. The van der Waals surface area contributed by atoms with Crippen molar-refractivity contribution in [2.45, 2.75) is 13.0 Å². The van der Waals surface area contributed by atoms with E-state index in [9.17, 15) is 0 Å². The Labute approximate surface area is 111 Å². The maximum absolute atomic E-state index is 5.78. The number of anilines is 1. The molecule has 0 saturated carbocycles. The summed E-state index contributed by atoms with van der Waals surface area (Å²) in [6.07, 6.45) is 5.21. The molecule has 0 N–H and O–H groups in total. The molecule has 3 heterocycles. The Bertz CT molecular complexity index is 548. The predicted molar refractivity (Wildman–Crippen MR) is 69.7 cm³/mol. The second-order valence-electron chi connectivity index (χ2n) is 4.38. The number of aromatic nitrogens is 4. The second-order valence-corrected chi connectivity index (χ2v) is 4.38. The fourth-order valence-corrected chi connectivity index (χ4v) is 2.12. The standard InChI is InChI=1S/C13H15N5O/c1-10-14-6-3-11(17-10)12-9-18(7-8-19-12)13-15-4-2-5-16-13/h2-6,12H,7-9H2,1H3. The van der Waals surface area contributed by atoms with Crippen LogP contribution < -0.4 is 4.90 Å². The molecule has 0 aromatic carbocycles. The molecule has 1 aliphatic heterocycles. The summed E-state index contributed by atoms with van der Waals surface area (Å²) in [4.78, 5) is 19.2. The minimum Gasteiger partial charge on any atom is -0.368 e. The summed E-state index contributed by atoms with van der Waals surface area (Å²) in [5.41, 5.74) is 0.910. The lowest BCUT2D eigenvalue weighted by Gasteiger charge is -2.32. The highest BCUT2D eigenvalue weighted by Gasteiger charge is 2.24. The van der Waals surface area contributed by atoms with Crippen LogP contribution in [-0.2, 0) is 4.74 Å². The van der Waals surface area contributed by atoms with E-state index in [0.717, 1.165) is 24.0 Å². The van der Waals surface area contributed by atoms with Crippen LogP contribution >= 0.6 is 0 Å². The van der Waals surface area contributed by atoms with E-state index in [0.29, 0.717) is 13.2 Å². The Morgan fingerprint density at radius 3 is 2.84 bits per heavy atom.